The quantitative estimate of drug-likeness (QED) is 0.654. The van der Waals surface area contributed by atoms with Crippen molar-refractivity contribution in [1.82, 2.24) is 0 Å². The van der Waals surface area contributed by atoms with E-state index in [1.165, 1.54) is 19.1 Å². The monoisotopic (exact) mass is 255 g/mol. The first-order chi connectivity index (χ1) is 9.08. The largest absolute Gasteiger partial charge is 0.508 e. The Morgan fingerprint density at radius 3 is 2.11 bits per heavy atom. The number of hydrogen-bond acceptors (Lipinski definition) is 3. The van der Waals surface area contributed by atoms with E-state index in [9.17, 15) is 9.59 Å². The number of carbonyl (C=O) groups excluding carboxylic acids is 2. The van der Waals surface area contributed by atoms with E-state index in [1.807, 2.05) is 0 Å². The summed E-state index contributed by atoms with van der Waals surface area (Å²) in [6, 6.07) is 12.8. The van der Waals surface area contributed by atoms with Gasteiger partial charge in [0.05, 0.1) is 5.56 Å². The molecule has 2 N–H and O–H groups in total. The van der Waals surface area contributed by atoms with Gasteiger partial charge < -0.3 is 10.4 Å². The zero-order valence-corrected chi connectivity index (χ0v) is 10.4. The van der Waals surface area contributed by atoms with Crippen LogP contribution in [0.15, 0.2) is 48.5 Å². The van der Waals surface area contributed by atoms with Crippen molar-refractivity contribution in [3.05, 3.63) is 59.7 Å². The molecule has 0 bridgehead atoms. The fourth-order valence-electron chi connectivity index (χ4n) is 1.73. The molecule has 0 saturated heterocycles. The smallest absolute Gasteiger partial charge is 0.256 e. The molecule has 96 valence electrons. The second-order valence-electron chi connectivity index (χ2n) is 4.10. The molecule has 2 aromatic carbocycles. The minimum Gasteiger partial charge on any atom is -0.508 e. The van der Waals surface area contributed by atoms with Crippen molar-refractivity contribution in [1.29, 1.82) is 0 Å². The van der Waals surface area contributed by atoms with E-state index in [0.717, 1.165) is 0 Å². The number of hydrogen-bond donors (Lipinski definition) is 2. The number of phenolic OH excluding ortho intramolecular Hbond substituents is 1. The van der Waals surface area contributed by atoms with E-state index in [4.69, 9.17) is 5.11 Å². The predicted octanol–water partition coefficient (Wildman–Crippen LogP) is 2.85. The maximum absolute atomic E-state index is 12.1. The first-order valence-corrected chi connectivity index (χ1v) is 5.78. The number of amides is 1. The van der Waals surface area contributed by atoms with E-state index < -0.39 is 0 Å². The van der Waals surface area contributed by atoms with Gasteiger partial charge in [-0.25, -0.2) is 0 Å². The molecule has 0 aliphatic carbocycles. The topological polar surface area (TPSA) is 66.4 Å². The Balaban J connectivity index is 2.25. The van der Waals surface area contributed by atoms with Gasteiger partial charge in [0.15, 0.2) is 5.78 Å². The van der Waals surface area contributed by atoms with Crippen molar-refractivity contribution >= 4 is 17.4 Å². The number of carbonyl (C=O) groups is 2. The van der Waals surface area contributed by atoms with Crippen molar-refractivity contribution in [2.45, 2.75) is 6.92 Å². The second kappa shape index (κ2) is 5.35. The third-order valence-corrected chi connectivity index (χ3v) is 2.68. The van der Waals surface area contributed by atoms with Crippen LogP contribution in [-0.2, 0) is 0 Å². The number of benzene rings is 2. The zero-order valence-electron chi connectivity index (χ0n) is 10.4. The van der Waals surface area contributed by atoms with Gasteiger partial charge in [0.2, 0.25) is 0 Å². The van der Waals surface area contributed by atoms with Crippen molar-refractivity contribution in [3.63, 3.8) is 0 Å². The van der Waals surface area contributed by atoms with E-state index in [2.05, 4.69) is 5.32 Å². The van der Waals surface area contributed by atoms with Gasteiger partial charge in [0.25, 0.3) is 5.91 Å². The van der Waals surface area contributed by atoms with Crippen LogP contribution in [0.4, 0.5) is 5.69 Å². The maximum atomic E-state index is 12.1. The summed E-state index contributed by atoms with van der Waals surface area (Å²) >= 11 is 0. The molecule has 4 heteroatoms. The van der Waals surface area contributed by atoms with Crippen molar-refractivity contribution in [2.75, 3.05) is 5.32 Å². The van der Waals surface area contributed by atoms with Crippen molar-refractivity contribution < 1.29 is 14.7 Å². The normalized spacial score (nSPS) is 9.95. The number of ketones is 1. The Morgan fingerprint density at radius 2 is 1.53 bits per heavy atom. The van der Waals surface area contributed by atoms with E-state index in [-0.39, 0.29) is 17.4 Å². The molecule has 0 aliphatic rings. The average molecular weight is 255 g/mol. The Bertz CT molecular complexity index is 618. The summed E-state index contributed by atoms with van der Waals surface area (Å²) in [4.78, 5) is 23.6. The van der Waals surface area contributed by atoms with Gasteiger partial charge in [0, 0.05) is 11.3 Å². The molecule has 0 saturated carbocycles. The number of nitrogens with one attached hydrogen (secondary N) is 1. The van der Waals surface area contributed by atoms with Crippen molar-refractivity contribution in [3.8, 4) is 5.75 Å². The lowest BCUT2D eigenvalue weighted by atomic mass is 10.0. The van der Waals surface area contributed by atoms with Gasteiger partial charge >= 0.3 is 0 Å². The van der Waals surface area contributed by atoms with Crippen LogP contribution in [0, 0.1) is 0 Å². The Labute approximate surface area is 110 Å². The molecule has 0 heterocycles. The van der Waals surface area contributed by atoms with E-state index in [1.54, 1.807) is 36.4 Å². The first-order valence-electron chi connectivity index (χ1n) is 5.78. The van der Waals surface area contributed by atoms with Gasteiger partial charge in [0.1, 0.15) is 5.75 Å². The molecule has 0 radical (unpaired) electrons. The fraction of sp³-hybridized carbons (Fsp3) is 0.0667. The maximum Gasteiger partial charge on any atom is 0.256 e. The highest BCUT2D eigenvalue weighted by molar-refractivity contribution is 6.12. The highest BCUT2D eigenvalue weighted by atomic mass is 16.3. The van der Waals surface area contributed by atoms with Gasteiger partial charge in [-0.2, -0.15) is 0 Å². The van der Waals surface area contributed by atoms with Crippen LogP contribution in [0.25, 0.3) is 0 Å². The second-order valence-corrected chi connectivity index (χ2v) is 4.10. The predicted molar refractivity (Wildman–Crippen MR) is 72.5 cm³/mol. The number of Topliss-reactive ketones (excluding diaryl/α,β-unsaturated/α-hetero) is 1. The van der Waals surface area contributed by atoms with Gasteiger partial charge in [-0.05, 0) is 37.3 Å². The van der Waals surface area contributed by atoms with Crippen molar-refractivity contribution in [2.24, 2.45) is 0 Å². The summed E-state index contributed by atoms with van der Waals surface area (Å²) in [5.74, 6) is -0.380. The summed E-state index contributed by atoms with van der Waals surface area (Å²) in [5, 5.41) is 11.8. The minimum atomic E-state index is -0.350. The molecule has 0 unspecified atom stereocenters. The average Bonchev–Trinajstić information content (AvgIpc) is 2.41. The number of rotatable bonds is 3. The van der Waals surface area contributed by atoms with Gasteiger partial charge in [-0.3, -0.25) is 9.59 Å². The number of aromatic hydroxyl groups is 1. The standard InChI is InChI=1S/C15H13NO3/c1-10(17)13-4-2-3-5-14(13)15(19)16-11-6-8-12(18)9-7-11/h2-9,18H,1H3,(H,16,19). The SMILES string of the molecule is CC(=O)c1ccccc1C(=O)Nc1ccc(O)cc1. The molecule has 0 aliphatic heterocycles. The summed E-state index contributed by atoms with van der Waals surface area (Å²) in [7, 11) is 0. The number of anilines is 1. The molecule has 19 heavy (non-hydrogen) atoms. The summed E-state index contributed by atoms with van der Waals surface area (Å²) < 4.78 is 0. The molecule has 0 spiro atoms. The van der Waals surface area contributed by atoms with Crippen LogP contribution in [0.3, 0.4) is 0 Å². The molecule has 2 rings (SSSR count). The zero-order chi connectivity index (χ0) is 13.8. The summed E-state index contributed by atoms with van der Waals surface area (Å²) in [6.07, 6.45) is 0. The van der Waals surface area contributed by atoms with Gasteiger partial charge in [-0.1, -0.05) is 18.2 Å². The lowest BCUT2D eigenvalue weighted by molar-refractivity contribution is 0.0985. The molecule has 0 aromatic heterocycles. The highest BCUT2D eigenvalue weighted by Gasteiger charge is 2.13. The lowest BCUT2D eigenvalue weighted by Gasteiger charge is -2.08. The fourth-order valence-corrected chi connectivity index (χ4v) is 1.73. The van der Waals surface area contributed by atoms with Crippen LogP contribution >= 0.6 is 0 Å². The number of phenols is 1. The van der Waals surface area contributed by atoms with E-state index >= 15 is 0 Å². The molecule has 2 aromatic rings. The van der Waals surface area contributed by atoms with E-state index in [0.29, 0.717) is 16.8 Å². The third kappa shape index (κ3) is 2.98. The van der Waals surface area contributed by atoms with Crippen LogP contribution in [0.1, 0.15) is 27.6 Å². The third-order valence-electron chi connectivity index (χ3n) is 2.68. The minimum absolute atomic E-state index is 0.127. The molecular formula is C15H13NO3. The molecular weight excluding hydrogens is 242 g/mol. The first kappa shape index (κ1) is 12.8. The Kier molecular flexibility index (Phi) is 3.61. The van der Waals surface area contributed by atoms with Gasteiger partial charge in [-0.15, -0.1) is 0 Å². The molecule has 0 fully saturated rings. The Morgan fingerprint density at radius 1 is 0.947 bits per heavy atom. The lowest BCUT2D eigenvalue weighted by Crippen LogP contribution is -2.15. The molecule has 0 atom stereocenters. The van der Waals surface area contributed by atoms with Crippen LogP contribution < -0.4 is 5.32 Å². The highest BCUT2D eigenvalue weighted by Crippen LogP contribution is 2.16. The van der Waals surface area contributed by atoms with Crippen LogP contribution in [0.5, 0.6) is 5.75 Å². The molecule has 4 nitrogen and oxygen atoms in total. The Hall–Kier alpha value is -2.62. The summed E-state index contributed by atoms with van der Waals surface area (Å²) in [5.41, 5.74) is 1.28. The van der Waals surface area contributed by atoms with Crippen LogP contribution in [0.2, 0.25) is 0 Å². The van der Waals surface area contributed by atoms with Crippen LogP contribution in [-0.4, -0.2) is 16.8 Å². The summed E-state index contributed by atoms with van der Waals surface area (Å²) in [6.45, 7) is 1.42. The molecule has 1 amide bonds.